The molecule has 0 atom stereocenters. The van der Waals surface area contributed by atoms with Gasteiger partial charge in [0.05, 0.1) is 6.54 Å². The lowest BCUT2D eigenvalue weighted by molar-refractivity contribution is 0.318. The molecule has 0 saturated heterocycles. The Morgan fingerprint density at radius 2 is 2.35 bits per heavy atom. The number of hydrogen-bond acceptors (Lipinski definition) is 6. The van der Waals surface area contributed by atoms with Gasteiger partial charge in [0, 0.05) is 19.3 Å². The largest absolute Gasteiger partial charge is 0.409 e. The fourth-order valence-corrected chi connectivity index (χ4v) is 1.77. The standard InChI is InChI=1S/C12H17N7O/c1-2-19-8-16-17-11(19)7-14-6-9-3-4-15-10(5-9)12(13)18-20/h3-5,8,14,20H,2,6-7H2,1H3,(H2,13,18). The summed E-state index contributed by atoms with van der Waals surface area (Å²) in [5, 5.41) is 22.7. The van der Waals surface area contributed by atoms with Crippen molar-refractivity contribution in [2.24, 2.45) is 10.9 Å². The molecule has 0 fully saturated rings. The zero-order valence-corrected chi connectivity index (χ0v) is 11.2. The second-order valence-corrected chi connectivity index (χ2v) is 4.17. The van der Waals surface area contributed by atoms with Crippen LogP contribution in [0.5, 0.6) is 0 Å². The van der Waals surface area contributed by atoms with Crippen molar-refractivity contribution < 1.29 is 5.21 Å². The molecular formula is C12H17N7O. The maximum atomic E-state index is 8.63. The molecule has 8 heteroatoms. The molecule has 0 aliphatic carbocycles. The number of nitrogens with two attached hydrogens (primary N) is 1. The van der Waals surface area contributed by atoms with Crippen molar-refractivity contribution in [3.8, 4) is 0 Å². The summed E-state index contributed by atoms with van der Waals surface area (Å²) in [4.78, 5) is 4.03. The van der Waals surface area contributed by atoms with Gasteiger partial charge in [-0.3, -0.25) is 4.98 Å². The van der Waals surface area contributed by atoms with E-state index in [2.05, 4.69) is 25.7 Å². The fourth-order valence-electron chi connectivity index (χ4n) is 1.77. The van der Waals surface area contributed by atoms with Crippen LogP contribution in [0.4, 0.5) is 0 Å². The van der Waals surface area contributed by atoms with Crippen molar-refractivity contribution in [3.63, 3.8) is 0 Å². The summed E-state index contributed by atoms with van der Waals surface area (Å²) in [6.07, 6.45) is 3.33. The highest BCUT2D eigenvalue weighted by molar-refractivity contribution is 5.95. The molecule has 0 amide bonds. The Hall–Kier alpha value is -2.48. The van der Waals surface area contributed by atoms with Gasteiger partial charge in [0.15, 0.2) is 5.84 Å². The van der Waals surface area contributed by atoms with Crippen molar-refractivity contribution in [2.45, 2.75) is 26.6 Å². The number of aryl methyl sites for hydroxylation is 1. The van der Waals surface area contributed by atoms with Crippen LogP contribution in [-0.2, 0) is 19.6 Å². The van der Waals surface area contributed by atoms with Gasteiger partial charge in [-0.25, -0.2) is 0 Å². The van der Waals surface area contributed by atoms with Crippen LogP contribution in [0.25, 0.3) is 0 Å². The normalized spacial score (nSPS) is 11.8. The lowest BCUT2D eigenvalue weighted by Gasteiger charge is -2.06. The number of rotatable bonds is 6. The van der Waals surface area contributed by atoms with Gasteiger partial charge in [0.1, 0.15) is 17.8 Å². The molecular weight excluding hydrogens is 258 g/mol. The first-order chi connectivity index (χ1) is 9.74. The number of hydrogen-bond donors (Lipinski definition) is 3. The van der Waals surface area contributed by atoms with E-state index in [9.17, 15) is 0 Å². The fraction of sp³-hybridized carbons (Fsp3) is 0.333. The number of aromatic nitrogens is 4. The monoisotopic (exact) mass is 275 g/mol. The molecule has 4 N–H and O–H groups in total. The number of amidine groups is 1. The zero-order chi connectivity index (χ0) is 14.4. The summed E-state index contributed by atoms with van der Waals surface area (Å²) in [6, 6.07) is 3.64. The minimum atomic E-state index is -0.00224. The number of nitrogens with one attached hydrogen (secondary N) is 1. The lowest BCUT2D eigenvalue weighted by Crippen LogP contribution is -2.18. The average molecular weight is 275 g/mol. The third-order valence-electron chi connectivity index (χ3n) is 2.84. The molecule has 2 aromatic heterocycles. The molecule has 8 nitrogen and oxygen atoms in total. The van der Waals surface area contributed by atoms with E-state index < -0.39 is 0 Å². The molecule has 0 bridgehead atoms. The van der Waals surface area contributed by atoms with Gasteiger partial charge in [-0.15, -0.1) is 10.2 Å². The van der Waals surface area contributed by atoms with Crippen molar-refractivity contribution in [2.75, 3.05) is 0 Å². The van der Waals surface area contributed by atoms with Gasteiger partial charge in [-0.2, -0.15) is 0 Å². The van der Waals surface area contributed by atoms with E-state index in [4.69, 9.17) is 10.9 Å². The molecule has 2 heterocycles. The molecule has 0 saturated carbocycles. The highest BCUT2D eigenvalue weighted by Gasteiger charge is 2.04. The Kier molecular flexibility index (Phi) is 4.61. The Morgan fingerprint density at radius 3 is 3.10 bits per heavy atom. The van der Waals surface area contributed by atoms with Gasteiger partial charge >= 0.3 is 0 Å². The molecule has 0 unspecified atom stereocenters. The van der Waals surface area contributed by atoms with Crippen LogP contribution >= 0.6 is 0 Å². The van der Waals surface area contributed by atoms with Crippen LogP contribution in [0.3, 0.4) is 0 Å². The molecule has 0 aliphatic heterocycles. The topological polar surface area (TPSA) is 114 Å². The lowest BCUT2D eigenvalue weighted by atomic mass is 10.2. The average Bonchev–Trinajstić information content (AvgIpc) is 2.94. The molecule has 2 rings (SSSR count). The van der Waals surface area contributed by atoms with Gasteiger partial charge in [-0.1, -0.05) is 5.16 Å². The molecule has 0 aromatic carbocycles. The van der Waals surface area contributed by atoms with Gasteiger partial charge in [0.25, 0.3) is 0 Å². The van der Waals surface area contributed by atoms with Crippen LogP contribution in [0.15, 0.2) is 29.8 Å². The van der Waals surface area contributed by atoms with E-state index in [1.807, 2.05) is 17.6 Å². The smallest absolute Gasteiger partial charge is 0.188 e. The van der Waals surface area contributed by atoms with Crippen molar-refractivity contribution >= 4 is 5.84 Å². The number of oxime groups is 1. The summed E-state index contributed by atoms with van der Waals surface area (Å²) in [5.41, 5.74) is 6.94. The SMILES string of the molecule is CCn1cnnc1CNCc1ccnc(/C(N)=N/O)c1. The predicted octanol–water partition coefficient (Wildman–Crippen LogP) is 0.0773. The first-order valence-corrected chi connectivity index (χ1v) is 6.24. The van der Waals surface area contributed by atoms with E-state index in [1.54, 1.807) is 18.6 Å². The van der Waals surface area contributed by atoms with E-state index >= 15 is 0 Å². The third-order valence-corrected chi connectivity index (χ3v) is 2.84. The number of pyridine rings is 1. The van der Waals surface area contributed by atoms with E-state index in [0.717, 1.165) is 17.9 Å². The summed E-state index contributed by atoms with van der Waals surface area (Å²) in [7, 11) is 0. The first kappa shape index (κ1) is 13.9. The van der Waals surface area contributed by atoms with E-state index in [1.165, 1.54) is 0 Å². The number of nitrogens with zero attached hydrogens (tertiary/aromatic N) is 5. The van der Waals surface area contributed by atoms with Gasteiger partial charge < -0.3 is 20.8 Å². The maximum absolute atomic E-state index is 8.63. The van der Waals surface area contributed by atoms with Crippen LogP contribution < -0.4 is 11.1 Å². The molecule has 0 aliphatic rings. The summed E-state index contributed by atoms with van der Waals surface area (Å²) < 4.78 is 1.97. The van der Waals surface area contributed by atoms with E-state index in [0.29, 0.717) is 18.8 Å². The Balaban J connectivity index is 1.94. The highest BCUT2D eigenvalue weighted by Crippen LogP contribution is 2.02. The third kappa shape index (κ3) is 3.29. The van der Waals surface area contributed by atoms with Crippen LogP contribution in [0, 0.1) is 0 Å². The van der Waals surface area contributed by atoms with Gasteiger partial charge in [-0.05, 0) is 24.6 Å². The Bertz CT molecular complexity index is 593. The molecule has 106 valence electrons. The maximum Gasteiger partial charge on any atom is 0.188 e. The van der Waals surface area contributed by atoms with Crippen LogP contribution in [-0.4, -0.2) is 30.8 Å². The van der Waals surface area contributed by atoms with Crippen LogP contribution in [0.2, 0.25) is 0 Å². The highest BCUT2D eigenvalue weighted by atomic mass is 16.4. The van der Waals surface area contributed by atoms with Crippen LogP contribution in [0.1, 0.15) is 24.0 Å². The molecule has 0 radical (unpaired) electrons. The Morgan fingerprint density at radius 1 is 1.50 bits per heavy atom. The zero-order valence-electron chi connectivity index (χ0n) is 11.2. The quantitative estimate of drug-likeness (QED) is 0.298. The van der Waals surface area contributed by atoms with Gasteiger partial charge in [0.2, 0.25) is 0 Å². The second kappa shape index (κ2) is 6.62. The summed E-state index contributed by atoms with van der Waals surface area (Å²) >= 11 is 0. The minimum absolute atomic E-state index is 0.00224. The van der Waals surface area contributed by atoms with Crippen molar-refractivity contribution in [3.05, 3.63) is 41.7 Å². The molecule has 2 aromatic rings. The molecule has 0 spiro atoms. The Labute approximate surface area is 116 Å². The predicted molar refractivity (Wildman–Crippen MR) is 73.0 cm³/mol. The first-order valence-electron chi connectivity index (χ1n) is 6.24. The molecule has 20 heavy (non-hydrogen) atoms. The second-order valence-electron chi connectivity index (χ2n) is 4.17. The summed E-state index contributed by atoms with van der Waals surface area (Å²) in [6.45, 7) is 4.13. The van der Waals surface area contributed by atoms with Crippen molar-refractivity contribution in [1.82, 2.24) is 25.1 Å². The van der Waals surface area contributed by atoms with E-state index in [-0.39, 0.29) is 5.84 Å². The van der Waals surface area contributed by atoms with Crippen molar-refractivity contribution in [1.29, 1.82) is 0 Å². The summed E-state index contributed by atoms with van der Waals surface area (Å²) in [5.74, 6) is 0.885. The minimum Gasteiger partial charge on any atom is -0.409 e.